The Hall–Kier alpha value is -1.68. The van der Waals surface area contributed by atoms with Crippen molar-refractivity contribution in [3.63, 3.8) is 0 Å². The van der Waals surface area contributed by atoms with E-state index in [1.54, 1.807) is 11.3 Å². The van der Waals surface area contributed by atoms with Crippen molar-refractivity contribution < 1.29 is 33.0 Å². The van der Waals surface area contributed by atoms with Crippen molar-refractivity contribution >= 4 is 23.3 Å². The highest BCUT2D eigenvalue weighted by Crippen LogP contribution is 2.30. The number of hydrogen-bond acceptors (Lipinski definition) is 5. The van der Waals surface area contributed by atoms with Gasteiger partial charge in [0.2, 0.25) is 0 Å². The van der Waals surface area contributed by atoms with E-state index in [1.165, 1.54) is 4.88 Å². The second-order valence-electron chi connectivity index (χ2n) is 5.93. The summed E-state index contributed by atoms with van der Waals surface area (Å²) in [6.45, 7) is 7.03. The number of aromatic nitrogens is 1. The number of nitrogens with zero attached hydrogens (tertiary/aromatic N) is 2. The normalized spacial score (nSPS) is 24.3. The molecule has 0 radical (unpaired) electrons. The highest BCUT2D eigenvalue weighted by molar-refractivity contribution is 7.11. The molecule has 1 fully saturated rings. The SMILES string of the molecule is Cc1ncc(CN2C(C)CCC(C(=O)O)C2C)s1.O=C(O)C(F)(F)F. The summed E-state index contributed by atoms with van der Waals surface area (Å²) in [5, 5.41) is 17.4. The van der Waals surface area contributed by atoms with E-state index in [-0.39, 0.29) is 12.0 Å². The molecule has 3 atom stereocenters. The van der Waals surface area contributed by atoms with Gasteiger partial charge in [-0.05, 0) is 33.6 Å². The van der Waals surface area contributed by atoms with Crippen molar-refractivity contribution in [3.05, 3.63) is 16.1 Å². The maximum atomic E-state index is 11.2. The van der Waals surface area contributed by atoms with Crippen molar-refractivity contribution in [2.45, 2.75) is 58.4 Å². The average molecular weight is 382 g/mol. The standard InChI is InChI=1S/C13H20N2O2S.C2HF3O2/c1-8-4-5-12(13(16)17)9(2)15(8)7-11-6-14-10(3)18-11;3-2(4,5)1(6)7/h6,8-9,12H,4-5,7H2,1-3H3,(H,16,17);(H,6,7). The van der Waals surface area contributed by atoms with Crippen LogP contribution in [0.15, 0.2) is 6.20 Å². The van der Waals surface area contributed by atoms with Crippen LogP contribution in [0.3, 0.4) is 0 Å². The molecule has 0 aromatic carbocycles. The Bertz CT molecular complexity index is 606. The second kappa shape index (κ2) is 8.61. The number of aryl methyl sites for hydroxylation is 1. The van der Waals surface area contributed by atoms with Gasteiger partial charge in [-0.1, -0.05) is 0 Å². The molecule has 0 spiro atoms. The van der Waals surface area contributed by atoms with Gasteiger partial charge in [-0.3, -0.25) is 9.69 Å². The maximum Gasteiger partial charge on any atom is 0.490 e. The minimum Gasteiger partial charge on any atom is -0.481 e. The first-order valence-electron chi connectivity index (χ1n) is 7.63. The summed E-state index contributed by atoms with van der Waals surface area (Å²) in [4.78, 5) is 27.9. The van der Waals surface area contributed by atoms with Crippen LogP contribution in [0.25, 0.3) is 0 Å². The van der Waals surface area contributed by atoms with Crippen molar-refractivity contribution in [1.29, 1.82) is 0 Å². The zero-order valence-electron chi connectivity index (χ0n) is 14.1. The smallest absolute Gasteiger partial charge is 0.481 e. The summed E-state index contributed by atoms with van der Waals surface area (Å²) >= 11 is 1.69. The summed E-state index contributed by atoms with van der Waals surface area (Å²) in [6, 6.07) is 0.534. The van der Waals surface area contributed by atoms with Crippen LogP contribution in [0.4, 0.5) is 13.2 Å². The lowest BCUT2D eigenvalue weighted by Gasteiger charge is -2.42. The maximum absolute atomic E-state index is 11.2. The van der Waals surface area contributed by atoms with E-state index in [1.807, 2.05) is 20.0 Å². The fraction of sp³-hybridized carbons (Fsp3) is 0.667. The molecule has 1 aliphatic rings. The van der Waals surface area contributed by atoms with Gasteiger partial charge in [0.25, 0.3) is 0 Å². The van der Waals surface area contributed by atoms with Crippen molar-refractivity contribution in [3.8, 4) is 0 Å². The molecular formula is C15H21F3N2O4S. The minimum absolute atomic E-state index is 0.0913. The first kappa shape index (κ1) is 21.4. The first-order chi connectivity index (χ1) is 11.4. The molecule has 0 saturated carbocycles. The summed E-state index contributed by atoms with van der Waals surface area (Å²) in [7, 11) is 0. The summed E-state index contributed by atoms with van der Waals surface area (Å²) in [6.07, 6.45) is -1.43. The number of aliphatic carboxylic acids is 2. The van der Waals surface area contributed by atoms with Gasteiger partial charge in [0.1, 0.15) is 0 Å². The molecule has 25 heavy (non-hydrogen) atoms. The second-order valence-corrected chi connectivity index (χ2v) is 7.25. The number of thiazole rings is 1. The fourth-order valence-corrected chi connectivity index (χ4v) is 3.55. The van der Waals surface area contributed by atoms with E-state index in [9.17, 15) is 23.1 Å². The van der Waals surface area contributed by atoms with Crippen LogP contribution in [-0.2, 0) is 16.1 Å². The largest absolute Gasteiger partial charge is 0.490 e. The van der Waals surface area contributed by atoms with Crippen LogP contribution in [0, 0.1) is 12.8 Å². The Balaban J connectivity index is 0.000000381. The minimum atomic E-state index is -5.08. The van der Waals surface area contributed by atoms with Gasteiger partial charge in [-0.25, -0.2) is 9.78 Å². The van der Waals surface area contributed by atoms with Gasteiger partial charge in [-0.15, -0.1) is 11.3 Å². The van der Waals surface area contributed by atoms with E-state index < -0.39 is 18.1 Å². The number of carboxylic acid groups (broad SMARTS) is 2. The van der Waals surface area contributed by atoms with E-state index in [0.29, 0.717) is 6.04 Å². The Morgan fingerprint density at radius 1 is 1.32 bits per heavy atom. The number of alkyl halides is 3. The van der Waals surface area contributed by atoms with Gasteiger partial charge >= 0.3 is 18.1 Å². The Kier molecular flexibility index (Phi) is 7.36. The number of hydrogen-bond donors (Lipinski definition) is 2. The zero-order chi connectivity index (χ0) is 19.4. The molecule has 0 amide bonds. The number of halogens is 3. The Morgan fingerprint density at radius 2 is 1.88 bits per heavy atom. The molecule has 1 aliphatic heterocycles. The van der Waals surface area contributed by atoms with Crippen molar-refractivity contribution in [1.82, 2.24) is 9.88 Å². The lowest BCUT2D eigenvalue weighted by molar-refractivity contribution is -0.192. The number of carboxylic acids is 2. The molecule has 1 aromatic heterocycles. The predicted molar refractivity (Wildman–Crippen MR) is 85.4 cm³/mol. The van der Waals surface area contributed by atoms with Crippen LogP contribution in [0.1, 0.15) is 36.6 Å². The van der Waals surface area contributed by atoms with E-state index >= 15 is 0 Å². The molecule has 0 aliphatic carbocycles. The van der Waals surface area contributed by atoms with Crippen LogP contribution in [0.5, 0.6) is 0 Å². The van der Waals surface area contributed by atoms with Gasteiger partial charge in [0.05, 0.1) is 10.9 Å². The third-order valence-electron chi connectivity index (χ3n) is 4.13. The summed E-state index contributed by atoms with van der Waals surface area (Å²) < 4.78 is 31.7. The van der Waals surface area contributed by atoms with Crippen LogP contribution < -0.4 is 0 Å². The van der Waals surface area contributed by atoms with Gasteiger partial charge in [-0.2, -0.15) is 13.2 Å². The zero-order valence-corrected chi connectivity index (χ0v) is 14.9. The average Bonchev–Trinajstić information content (AvgIpc) is 2.88. The molecule has 3 unspecified atom stereocenters. The van der Waals surface area contributed by atoms with Gasteiger partial charge < -0.3 is 10.2 Å². The monoisotopic (exact) mass is 382 g/mol. The third-order valence-corrected chi connectivity index (χ3v) is 5.03. The quantitative estimate of drug-likeness (QED) is 0.835. The topological polar surface area (TPSA) is 90.7 Å². The number of piperidine rings is 1. The molecule has 0 bridgehead atoms. The molecule has 2 N–H and O–H groups in total. The lowest BCUT2D eigenvalue weighted by Crippen LogP contribution is -2.49. The van der Waals surface area contributed by atoms with E-state index in [0.717, 1.165) is 24.4 Å². The predicted octanol–water partition coefficient (Wildman–Crippen LogP) is 3.16. The molecule has 2 rings (SSSR count). The molecular weight excluding hydrogens is 361 g/mol. The number of rotatable bonds is 3. The lowest BCUT2D eigenvalue weighted by atomic mass is 9.87. The number of likely N-dealkylation sites (tertiary alicyclic amines) is 1. The molecule has 10 heteroatoms. The highest BCUT2D eigenvalue weighted by Gasteiger charge is 2.38. The molecule has 1 aromatic rings. The van der Waals surface area contributed by atoms with E-state index in [4.69, 9.17) is 9.90 Å². The van der Waals surface area contributed by atoms with Gasteiger partial charge in [0, 0.05) is 29.7 Å². The fourth-order valence-electron chi connectivity index (χ4n) is 2.75. The molecule has 6 nitrogen and oxygen atoms in total. The third kappa shape index (κ3) is 6.28. The highest BCUT2D eigenvalue weighted by atomic mass is 32.1. The molecule has 2 heterocycles. The Morgan fingerprint density at radius 3 is 2.28 bits per heavy atom. The summed E-state index contributed by atoms with van der Waals surface area (Å²) in [5.74, 6) is -3.66. The van der Waals surface area contributed by atoms with Crippen LogP contribution in [-0.4, -0.2) is 50.3 Å². The molecule has 1 saturated heterocycles. The van der Waals surface area contributed by atoms with Gasteiger partial charge in [0.15, 0.2) is 0 Å². The Labute approximate surface area is 147 Å². The van der Waals surface area contributed by atoms with E-state index in [2.05, 4.69) is 16.8 Å². The van der Waals surface area contributed by atoms with Crippen molar-refractivity contribution in [2.75, 3.05) is 0 Å². The first-order valence-corrected chi connectivity index (χ1v) is 8.45. The van der Waals surface area contributed by atoms with Crippen LogP contribution >= 0.6 is 11.3 Å². The number of carbonyl (C=O) groups is 2. The summed E-state index contributed by atoms with van der Waals surface area (Å²) in [5.41, 5.74) is 0. The van der Waals surface area contributed by atoms with Crippen LogP contribution in [0.2, 0.25) is 0 Å². The van der Waals surface area contributed by atoms with Crippen molar-refractivity contribution in [2.24, 2.45) is 5.92 Å². The molecule has 142 valence electrons.